The predicted molar refractivity (Wildman–Crippen MR) is 56.8 cm³/mol. The second kappa shape index (κ2) is 4.95. The number of benzene rings is 1. The van der Waals surface area contributed by atoms with Crippen molar-refractivity contribution in [2.45, 2.75) is 19.0 Å². The fraction of sp³-hybridized carbons (Fsp3) is 0.300. The van der Waals surface area contributed by atoms with Gasteiger partial charge < -0.3 is 10.2 Å². The van der Waals surface area contributed by atoms with Crippen molar-refractivity contribution in [3.8, 4) is 5.75 Å². The lowest BCUT2D eigenvalue weighted by Gasteiger charge is -2.11. The standard InChI is InChI=1S/C10H8BrF3O3/c11-7-3-5(10(12,13)14)4-8(15)6(7)1-2-9(16)17/h3-4,15H,1-2H2,(H,16,17). The highest BCUT2D eigenvalue weighted by Crippen LogP contribution is 2.37. The van der Waals surface area contributed by atoms with Gasteiger partial charge in [-0.1, -0.05) is 15.9 Å². The second-order valence-corrected chi connectivity index (χ2v) is 4.20. The summed E-state index contributed by atoms with van der Waals surface area (Å²) >= 11 is 2.89. The van der Waals surface area contributed by atoms with Crippen LogP contribution in [0.3, 0.4) is 0 Å². The van der Waals surface area contributed by atoms with Crippen LogP contribution in [-0.2, 0) is 17.4 Å². The zero-order chi connectivity index (χ0) is 13.2. The number of rotatable bonds is 3. The molecule has 0 bridgehead atoms. The molecule has 0 aliphatic carbocycles. The summed E-state index contributed by atoms with van der Waals surface area (Å²) < 4.78 is 37.2. The molecule has 94 valence electrons. The van der Waals surface area contributed by atoms with Crippen LogP contribution in [0.4, 0.5) is 13.2 Å². The van der Waals surface area contributed by atoms with E-state index >= 15 is 0 Å². The summed E-state index contributed by atoms with van der Waals surface area (Å²) in [6.45, 7) is 0. The molecular formula is C10H8BrF3O3. The third-order valence-electron chi connectivity index (χ3n) is 2.09. The highest BCUT2D eigenvalue weighted by Gasteiger charge is 2.32. The molecule has 3 nitrogen and oxygen atoms in total. The molecule has 2 N–H and O–H groups in total. The average molecular weight is 313 g/mol. The van der Waals surface area contributed by atoms with Crippen molar-refractivity contribution in [1.29, 1.82) is 0 Å². The van der Waals surface area contributed by atoms with Crippen molar-refractivity contribution in [1.82, 2.24) is 0 Å². The van der Waals surface area contributed by atoms with Gasteiger partial charge in [-0.15, -0.1) is 0 Å². The average Bonchev–Trinajstić information content (AvgIpc) is 2.14. The highest BCUT2D eigenvalue weighted by atomic mass is 79.9. The molecule has 0 atom stereocenters. The topological polar surface area (TPSA) is 57.5 Å². The molecule has 0 aliphatic rings. The molecular weight excluding hydrogens is 305 g/mol. The molecule has 0 fully saturated rings. The van der Waals surface area contributed by atoms with Gasteiger partial charge in [0.2, 0.25) is 0 Å². The molecule has 0 saturated carbocycles. The SMILES string of the molecule is O=C(O)CCc1c(O)cc(C(F)(F)F)cc1Br. The van der Waals surface area contributed by atoms with E-state index in [1.165, 1.54) is 0 Å². The summed E-state index contributed by atoms with van der Waals surface area (Å²) in [5.41, 5.74) is -0.832. The van der Waals surface area contributed by atoms with Gasteiger partial charge in [0.1, 0.15) is 5.75 Å². The summed E-state index contributed by atoms with van der Waals surface area (Å²) in [5, 5.41) is 17.9. The number of carboxylic acids is 1. The summed E-state index contributed by atoms with van der Waals surface area (Å²) in [4.78, 5) is 10.3. The first kappa shape index (κ1) is 13.8. The summed E-state index contributed by atoms with van der Waals surface area (Å²) in [6, 6.07) is 1.40. The van der Waals surface area contributed by atoms with Gasteiger partial charge in [-0.2, -0.15) is 13.2 Å². The van der Waals surface area contributed by atoms with E-state index in [9.17, 15) is 23.1 Å². The molecule has 0 aliphatic heterocycles. The quantitative estimate of drug-likeness (QED) is 0.901. The number of hydrogen-bond donors (Lipinski definition) is 2. The maximum atomic E-state index is 12.4. The smallest absolute Gasteiger partial charge is 0.416 e. The third kappa shape index (κ3) is 3.62. The van der Waals surface area contributed by atoms with Crippen LogP contribution >= 0.6 is 15.9 Å². The van der Waals surface area contributed by atoms with Crippen LogP contribution < -0.4 is 0 Å². The molecule has 0 aromatic heterocycles. The van der Waals surface area contributed by atoms with E-state index in [2.05, 4.69) is 15.9 Å². The van der Waals surface area contributed by atoms with Gasteiger partial charge in [0, 0.05) is 16.5 Å². The Morgan fingerprint density at radius 1 is 1.35 bits per heavy atom. The van der Waals surface area contributed by atoms with Crippen molar-refractivity contribution < 1.29 is 28.2 Å². The number of aliphatic carboxylic acids is 1. The number of phenols is 1. The van der Waals surface area contributed by atoms with Crippen LogP contribution in [-0.4, -0.2) is 16.2 Å². The number of hydrogen-bond acceptors (Lipinski definition) is 2. The number of carbonyl (C=O) groups is 1. The number of carboxylic acid groups (broad SMARTS) is 1. The molecule has 0 saturated heterocycles. The van der Waals surface area contributed by atoms with Crippen LogP contribution in [0.5, 0.6) is 5.75 Å². The minimum Gasteiger partial charge on any atom is -0.508 e. The van der Waals surface area contributed by atoms with Crippen molar-refractivity contribution in [2.75, 3.05) is 0 Å². The van der Waals surface area contributed by atoms with E-state index < -0.39 is 23.5 Å². The van der Waals surface area contributed by atoms with Gasteiger partial charge in [-0.25, -0.2) is 0 Å². The zero-order valence-electron chi connectivity index (χ0n) is 8.38. The van der Waals surface area contributed by atoms with Crippen molar-refractivity contribution in [3.63, 3.8) is 0 Å². The molecule has 0 heterocycles. The Bertz CT molecular complexity index is 420. The first-order valence-corrected chi connectivity index (χ1v) is 5.31. The molecule has 1 aromatic rings. The first-order valence-electron chi connectivity index (χ1n) is 4.52. The van der Waals surface area contributed by atoms with Gasteiger partial charge in [-0.05, 0) is 18.6 Å². The Balaban J connectivity index is 3.07. The Kier molecular flexibility index (Phi) is 4.03. The first-order chi connectivity index (χ1) is 7.71. The molecule has 17 heavy (non-hydrogen) atoms. The van der Waals surface area contributed by atoms with Crippen molar-refractivity contribution in [3.05, 3.63) is 27.7 Å². The normalized spacial score (nSPS) is 11.5. The van der Waals surface area contributed by atoms with Gasteiger partial charge in [0.05, 0.1) is 5.56 Å². The largest absolute Gasteiger partial charge is 0.508 e. The maximum absolute atomic E-state index is 12.4. The van der Waals surface area contributed by atoms with Crippen LogP contribution in [0.15, 0.2) is 16.6 Å². The van der Waals surface area contributed by atoms with E-state index in [0.717, 1.165) is 6.07 Å². The van der Waals surface area contributed by atoms with Crippen molar-refractivity contribution >= 4 is 21.9 Å². The van der Waals surface area contributed by atoms with Gasteiger partial charge in [0.15, 0.2) is 0 Å². The molecule has 0 unspecified atom stereocenters. The minimum absolute atomic E-state index is 0.0418. The maximum Gasteiger partial charge on any atom is 0.416 e. The lowest BCUT2D eigenvalue weighted by molar-refractivity contribution is -0.138. The van der Waals surface area contributed by atoms with E-state index in [0.29, 0.717) is 6.07 Å². The number of alkyl halides is 3. The highest BCUT2D eigenvalue weighted by molar-refractivity contribution is 9.10. The lowest BCUT2D eigenvalue weighted by Crippen LogP contribution is -2.06. The predicted octanol–water partition coefficient (Wildman–Crippen LogP) is 3.19. The van der Waals surface area contributed by atoms with E-state index in [1.807, 2.05) is 0 Å². The fourth-order valence-corrected chi connectivity index (χ4v) is 1.91. The van der Waals surface area contributed by atoms with Crippen LogP contribution in [0.1, 0.15) is 17.5 Å². The molecule has 1 rings (SSSR count). The zero-order valence-corrected chi connectivity index (χ0v) is 9.97. The fourth-order valence-electron chi connectivity index (χ4n) is 1.27. The molecule has 0 amide bonds. The van der Waals surface area contributed by atoms with Gasteiger partial charge in [0.25, 0.3) is 0 Å². The Labute approximate surface area is 103 Å². The van der Waals surface area contributed by atoms with E-state index in [-0.39, 0.29) is 22.9 Å². The number of halogens is 4. The lowest BCUT2D eigenvalue weighted by atomic mass is 10.1. The molecule has 0 radical (unpaired) electrons. The van der Waals surface area contributed by atoms with E-state index in [4.69, 9.17) is 5.11 Å². The summed E-state index contributed by atoms with van der Waals surface area (Å²) in [6.07, 6.45) is -4.86. The Morgan fingerprint density at radius 3 is 2.35 bits per heavy atom. The number of aromatic hydroxyl groups is 1. The number of phenolic OH excluding ortho intramolecular Hbond substituents is 1. The van der Waals surface area contributed by atoms with Gasteiger partial charge in [-0.3, -0.25) is 4.79 Å². The van der Waals surface area contributed by atoms with Crippen LogP contribution in [0.25, 0.3) is 0 Å². The van der Waals surface area contributed by atoms with Crippen molar-refractivity contribution in [2.24, 2.45) is 0 Å². The monoisotopic (exact) mass is 312 g/mol. The van der Waals surface area contributed by atoms with E-state index in [1.54, 1.807) is 0 Å². The second-order valence-electron chi connectivity index (χ2n) is 3.35. The minimum atomic E-state index is -4.55. The van der Waals surface area contributed by atoms with Gasteiger partial charge >= 0.3 is 12.1 Å². The Morgan fingerprint density at radius 2 is 1.94 bits per heavy atom. The summed E-state index contributed by atoms with van der Waals surface area (Å²) in [7, 11) is 0. The summed E-state index contributed by atoms with van der Waals surface area (Å²) in [5.74, 6) is -1.65. The van der Waals surface area contributed by atoms with Crippen LogP contribution in [0.2, 0.25) is 0 Å². The third-order valence-corrected chi connectivity index (χ3v) is 2.80. The molecule has 1 aromatic carbocycles. The van der Waals surface area contributed by atoms with Crippen LogP contribution in [0, 0.1) is 0 Å². The molecule has 0 spiro atoms. The Hall–Kier alpha value is -1.24. The molecule has 7 heteroatoms.